The summed E-state index contributed by atoms with van der Waals surface area (Å²) in [7, 11) is 3.93. The van der Waals surface area contributed by atoms with Gasteiger partial charge < -0.3 is 15.1 Å². The summed E-state index contributed by atoms with van der Waals surface area (Å²) in [4.78, 5) is 25.4. The molecule has 0 radical (unpaired) electrons. The molecule has 8 heteroatoms. The summed E-state index contributed by atoms with van der Waals surface area (Å²) < 4.78 is 0. The number of rotatable bonds is 4. The van der Waals surface area contributed by atoms with Gasteiger partial charge in [0.1, 0.15) is 5.01 Å². The second-order valence-corrected chi connectivity index (χ2v) is 7.51. The molecule has 3 heterocycles. The molecule has 23 heavy (non-hydrogen) atoms. The van der Waals surface area contributed by atoms with Crippen molar-refractivity contribution in [1.82, 2.24) is 20.2 Å². The molecule has 0 aliphatic carbocycles. The molecular formula is C15H21N5OS2. The monoisotopic (exact) mass is 351 g/mol. The standard InChI is InChI=1S/C15H21N5OS2/c1-19(2)15-18-11(10-23-15)9-17-14(21)20-7-4-3-5-12(20)13-16-6-8-22-13/h6,8,10,12H,3-5,7,9H2,1-2H3,(H,17,21). The minimum Gasteiger partial charge on any atom is -0.354 e. The van der Waals surface area contributed by atoms with Gasteiger partial charge in [0.15, 0.2) is 5.13 Å². The van der Waals surface area contributed by atoms with Crippen molar-refractivity contribution in [3.05, 3.63) is 27.7 Å². The van der Waals surface area contributed by atoms with Gasteiger partial charge in [-0.2, -0.15) is 0 Å². The number of piperidine rings is 1. The number of likely N-dealkylation sites (tertiary alicyclic amines) is 1. The van der Waals surface area contributed by atoms with Crippen LogP contribution >= 0.6 is 22.7 Å². The molecule has 0 saturated carbocycles. The smallest absolute Gasteiger partial charge is 0.318 e. The zero-order chi connectivity index (χ0) is 16.2. The topological polar surface area (TPSA) is 61.4 Å². The lowest BCUT2D eigenvalue weighted by atomic mass is 10.0. The summed E-state index contributed by atoms with van der Waals surface area (Å²) in [5.41, 5.74) is 0.898. The molecule has 0 aromatic carbocycles. The van der Waals surface area contributed by atoms with Gasteiger partial charge in [0.25, 0.3) is 0 Å². The maximum absolute atomic E-state index is 12.6. The summed E-state index contributed by atoms with van der Waals surface area (Å²) in [6.45, 7) is 1.25. The maximum atomic E-state index is 12.6. The fourth-order valence-electron chi connectivity index (χ4n) is 2.68. The quantitative estimate of drug-likeness (QED) is 0.919. The van der Waals surface area contributed by atoms with Crippen LogP contribution in [0, 0.1) is 0 Å². The highest BCUT2D eigenvalue weighted by atomic mass is 32.1. The van der Waals surface area contributed by atoms with E-state index in [-0.39, 0.29) is 12.1 Å². The number of nitrogens with one attached hydrogen (secondary N) is 1. The zero-order valence-corrected chi connectivity index (χ0v) is 15.0. The van der Waals surface area contributed by atoms with Crippen LogP contribution in [-0.4, -0.2) is 41.5 Å². The highest BCUT2D eigenvalue weighted by molar-refractivity contribution is 7.13. The van der Waals surface area contributed by atoms with Gasteiger partial charge >= 0.3 is 6.03 Å². The SMILES string of the molecule is CN(C)c1nc(CNC(=O)N2CCCCC2c2nccs2)cs1. The Hall–Kier alpha value is -1.67. The average molecular weight is 352 g/mol. The number of aromatic nitrogens is 2. The number of anilines is 1. The van der Waals surface area contributed by atoms with Crippen molar-refractivity contribution in [1.29, 1.82) is 0 Å². The Morgan fingerprint density at radius 2 is 2.30 bits per heavy atom. The van der Waals surface area contributed by atoms with Crippen molar-refractivity contribution in [2.45, 2.75) is 31.8 Å². The van der Waals surface area contributed by atoms with Crippen molar-refractivity contribution in [3.8, 4) is 0 Å². The molecule has 6 nitrogen and oxygen atoms in total. The number of hydrogen-bond donors (Lipinski definition) is 1. The highest BCUT2D eigenvalue weighted by Gasteiger charge is 2.29. The molecule has 1 atom stereocenters. The normalized spacial score (nSPS) is 18.0. The van der Waals surface area contributed by atoms with Crippen molar-refractivity contribution in [2.24, 2.45) is 0 Å². The molecule has 1 aliphatic rings. The number of thiazole rings is 2. The molecule has 2 amide bonds. The molecular weight excluding hydrogens is 330 g/mol. The largest absolute Gasteiger partial charge is 0.354 e. The van der Waals surface area contributed by atoms with E-state index >= 15 is 0 Å². The van der Waals surface area contributed by atoms with Crippen LogP contribution in [0.25, 0.3) is 0 Å². The molecule has 0 spiro atoms. The molecule has 1 aliphatic heterocycles. The van der Waals surface area contributed by atoms with Gasteiger partial charge in [-0.1, -0.05) is 0 Å². The lowest BCUT2D eigenvalue weighted by molar-refractivity contribution is 0.151. The van der Waals surface area contributed by atoms with E-state index in [2.05, 4.69) is 15.3 Å². The van der Waals surface area contributed by atoms with Crippen molar-refractivity contribution in [3.63, 3.8) is 0 Å². The van der Waals surface area contributed by atoms with Crippen LogP contribution < -0.4 is 10.2 Å². The Kier molecular flexibility index (Phi) is 5.12. The van der Waals surface area contributed by atoms with E-state index in [0.29, 0.717) is 6.54 Å². The molecule has 3 rings (SSSR count). The second kappa shape index (κ2) is 7.27. The minimum absolute atomic E-state index is 0.0238. The fraction of sp³-hybridized carbons (Fsp3) is 0.533. The summed E-state index contributed by atoms with van der Waals surface area (Å²) >= 11 is 3.21. The van der Waals surface area contributed by atoms with Crippen LogP contribution in [0.15, 0.2) is 17.0 Å². The van der Waals surface area contributed by atoms with Crippen LogP contribution in [0.5, 0.6) is 0 Å². The van der Waals surface area contributed by atoms with E-state index in [4.69, 9.17) is 0 Å². The van der Waals surface area contributed by atoms with Gasteiger partial charge in [-0.05, 0) is 19.3 Å². The van der Waals surface area contributed by atoms with E-state index in [1.807, 2.05) is 40.9 Å². The van der Waals surface area contributed by atoms with Crippen molar-refractivity contribution >= 4 is 33.8 Å². The Labute approximate surface area is 144 Å². The summed E-state index contributed by atoms with van der Waals surface area (Å²) in [5.74, 6) is 0. The van der Waals surface area contributed by atoms with Gasteiger partial charge in [0, 0.05) is 37.6 Å². The predicted molar refractivity (Wildman–Crippen MR) is 94.1 cm³/mol. The third-order valence-electron chi connectivity index (χ3n) is 3.84. The number of hydrogen-bond acceptors (Lipinski definition) is 6. The number of carbonyl (C=O) groups excluding carboxylic acids is 1. The van der Waals surface area contributed by atoms with Gasteiger partial charge in [0.2, 0.25) is 0 Å². The Balaban J connectivity index is 1.61. The van der Waals surface area contributed by atoms with Crippen LogP contribution in [0.3, 0.4) is 0 Å². The fourth-order valence-corrected chi connectivity index (χ4v) is 4.22. The summed E-state index contributed by atoms with van der Waals surface area (Å²) in [6.07, 6.45) is 4.99. The Morgan fingerprint density at radius 1 is 1.43 bits per heavy atom. The predicted octanol–water partition coefficient (Wildman–Crippen LogP) is 3.10. The zero-order valence-electron chi connectivity index (χ0n) is 13.4. The number of urea groups is 1. The summed E-state index contributed by atoms with van der Waals surface area (Å²) in [6, 6.07) is 0.0841. The van der Waals surface area contributed by atoms with Gasteiger partial charge in [-0.3, -0.25) is 0 Å². The number of carbonyl (C=O) groups is 1. The third-order valence-corrected chi connectivity index (χ3v) is 5.78. The van der Waals surface area contributed by atoms with E-state index in [0.717, 1.165) is 41.6 Å². The number of nitrogens with zero attached hydrogens (tertiary/aromatic N) is 4. The Bertz CT molecular complexity index is 640. The van der Waals surface area contributed by atoms with Gasteiger partial charge in [-0.25, -0.2) is 14.8 Å². The average Bonchev–Trinajstić information content (AvgIpc) is 3.24. The molecule has 1 fully saturated rings. The molecule has 2 aromatic rings. The van der Waals surface area contributed by atoms with Crippen molar-refractivity contribution < 1.29 is 4.79 Å². The first kappa shape index (κ1) is 16.2. The molecule has 2 aromatic heterocycles. The van der Waals surface area contributed by atoms with Crippen LogP contribution in [0.4, 0.5) is 9.93 Å². The molecule has 0 bridgehead atoms. The molecule has 1 saturated heterocycles. The van der Waals surface area contributed by atoms with Gasteiger partial charge in [-0.15, -0.1) is 22.7 Å². The van der Waals surface area contributed by atoms with Crippen molar-refractivity contribution in [2.75, 3.05) is 25.5 Å². The maximum Gasteiger partial charge on any atom is 0.318 e. The first-order chi connectivity index (χ1) is 11.1. The van der Waals surface area contributed by atoms with E-state index in [1.54, 1.807) is 22.7 Å². The van der Waals surface area contributed by atoms with Gasteiger partial charge in [0.05, 0.1) is 18.3 Å². The van der Waals surface area contributed by atoms with E-state index in [1.165, 1.54) is 0 Å². The third kappa shape index (κ3) is 3.81. The van der Waals surface area contributed by atoms with Crippen LogP contribution in [0.1, 0.15) is 36.0 Å². The molecule has 1 N–H and O–H groups in total. The summed E-state index contributed by atoms with van der Waals surface area (Å²) in [5, 5.41) is 8.95. The number of amides is 2. The Morgan fingerprint density at radius 3 is 3.00 bits per heavy atom. The minimum atomic E-state index is -0.0238. The first-order valence-electron chi connectivity index (χ1n) is 7.70. The van der Waals surface area contributed by atoms with Crippen LogP contribution in [-0.2, 0) is 6.54 Å². The molecule has 124 valence electrons. The second-order valence-electron chi connectivity index (χ2n) is 5.75. The first-order valence-corrected chi connectivity index (χ1v) is 9.46. The lowest BCUT2D eigenvalue weighted by Crippen LogP contribution is -2.44. The highest BCUT2D eigenvalue weighted by Crippen LogP contribution is 2.31. The molecule has 1 unspecified atom stereocenters. The van der Waals surface area contributed by atoms with Crippen LogP contribution in [0.2, 0.25) is 0 Å². The van der Waals surface area contributed by atoms with E-state index in [9.17, 15) is 4.79 Å². The lowest BCUT2D eigenvalue weighted by Gasteiger charge is -2.34. The van der Waals surface area contributed by atoms with E-state index < -0.39 is 0 Å².